The Balaban J connectivity index is 0.000000130. The number of phenolic OH excluding ortho intramolecular Hbond substituents is 6. The molecule has 0 atom stereocenters. The summed E-state index contributed by atoms with van der Waals surface area (Å²) in [5.41, 5.74) is 18.9. The van der Waals surface area contributed by atoms with E-state index in [1.54, 1.807) is 159 Å². The smallest absolute Gasteiger partial charge is 0.354 e. The number of aromatic carboxylic acids is 2. The van der Waals surface area contributed by atoms with Crippen molar-refractivity contribution in [2.45, 2.75) is 0 Å². The maximum atomic E-state index is 12.1. The summed E-state index contributed by atoms with van der Waals surface area (Å²) in [5, 5.41) is 85.9. The van der Waals surface area contributed by atoms with Crippen molar-refractivity contribution >= 4 is 144 Å². The number of carboxylic acid groups (broad SMARTS) is 2. The molecule has 1 fully saturated rings. The van der Waals surface area contributed by atoms with Crippen LogP contribution in [0.3, 0.4) is 0 Å². The number of aromatic hydroxyl groups is 6. The van der Waals surface area contributed by atoms with Crippen LogP contribution in [0.4, 0.5) is 5.82 Å². The van der Waals surface area contributed by atoms with Gasteiger partial charge in [-0.3, -0.25) is 38.4 Å². The minimum absolute atomic E-state index is 0.00610. The number of rotatable bonds is 17. The van der Waals surface area contributed by atoms with Gasteiger partial charge in [-0.1, -0.05) is 163 Å². The highest BCUT2D eigenvalue weighted by Gasteiger charge is 2.19. The van der Waals surface area contributed by atoms with Crippen LogP contribution in [0.15, 0.2) is 310 Å². The number of carbonyl (C=O) groups is 10. The fourth-order valence-electron chi connectivity index (χ4n) is 15.4. The molecule has 0 saturated carbocycles. The number of benzene rings is 15. The van der Waals surface area contributed by atoms with Gasteiger partial charge >= 0.3 is 11.9 Å². The summed E-state index contributed by atoms with van der Waals surface area (Å²) < 4.78 is 5.37. The molecule has 1 aliphatic heterocycles. The summed E-state index contributed by atoms with van der Waals surface area (Å²) in [6, 6.07) is 86.5. The van der Waals surface area contributed by atoms with Crippen molar-refractivity contribution in [3.63, 3.8) is 0 Å². The van der Waals surface area contributed by atoms with Crippen LogP contribution in [-0.4, -0.2) is 163 Å². The molecule has 135 heavy (non-hydrogen) atoms. The largest absolute Gasteiger partial charge is 0.507 e. The molecule has 15 aromatic carbocycles. The van der Waals surface area contributed by atoms with Crippen molar-refractivity contribution < 1.29 is 93.5 Å². The van der Waals surface area contributed by atoms with Crippen LogP contribution in [0.5, 0.6) is 34.5 Å². The van der Waals surface area contributed by atoms with E-state index in [9.17, 15) is 78.6 Å². The van der Waals surface area contributed by atoms with Crippen molar-refractivity contribution in [1.29, 1.82) is 0 Å². The van der Waals surface area contributed by atoms with Crippen LogP contribution in [0.1, 0.15) is 104 Å². The summed E-state index contributed by atoms with van der Waals surface area (Å²) in [4.78, 5) is 128. The highest BCUT2D eigenvalue weighted by molar-refractivity contribution is 6.29. The molecule has 10 N–H and O–H groups in total. The van der Waals surface area contributed by atoms with E-state index < -0.39 is 17.8 Å². The van der Waals surface area contributed by atoms with E-state index in [2.05, 4.69) is 25.9 Å². The van der Waals surface area contributed by atoms with Gasteiger partial charge in [0, 0.05) is 67.4 Å². The summed E-state index contributed by atoms with van der Waals surface area (Å²) in [6.45, 7) is 3.20. The van der Waals surface area contributed by atoms with Gasteiger partial charge in [0.1, 0.15) is 51.2 Å². The van der Waals surface area contributed by atoms with Crippen LogP contribution < -0.4 is 10.6 Å². The Kier molecular flexibility index (Phi) is 29.1. The van der Waals surface area contributed by atoms with Crippen LogP contribution in [0, 0.1) is 0 Å². The molecular formula is C109H81ClN6O19. The first-order valence-corrected chi connectivity index (χ1v) is 42.1. The zero-order valence-electron chi connectivity index (χ0n) is 72.0. The molecule has 0 unspecified atom stereocenters. The lowest BCUT2D eigenvalue weighted by Gasteiger charge is -2.27. The molecule has 26 heteroatoms. The first-order valence-electron chi connectivity index (χ1n) is 41.7. The summed E-state index contributed by atoms with van der Waals surface area (Å²) in [6.07, 6.45) is 7.48. The molecule has 0 aliphatic carbocycles. The summed E-state index contributed by atoms with van der Waals surface area (Å²) in [7, 11) is 3.44. The quantitative estimate of drug-likeness (QED) is 0.0302. The predicted molar refractivity (Wildman–Crippen MR) is 520 cm³/mol. The Bertz CT molecular complexity index is 7530. The van der Waals surface area contributed by atoms with E-state index in [1.807, 2.05) is 128 Å². The normalized spacial score (nSPS) is 11.3. The molecule has 668 valence electrons. The zero-order valence-corrected chi connectivity index (χ0v) is 72.8. The number of carboxylic acids is 2. The van der Waals surface area contributed by atoms with Gasteiger partial charge in [-0.05, 0) is 255 Å². The van der Waals surface area contributed by atoms with Gasteiger partial charge in [0.15, 0.2) is 37.7 Å². The Morgan fingerprint density at radius 2 is 0.659 bits per heavy atom. The van der Waals surface area contributed by atoms with Gasteiger partial charge in [-0.15, -0.1) is 0 Å². The lowest BCUT2D eigenvalue weighted by Crippen LogP contribution is -2.36. The second-order valence-electron chi connectivity index (χ2n) is 31.0. The number of ether oxygens (including phenoxy) is 1. The molecule has 0 bridgehead atoms. The molecule has 2 amide bonds. The van der Waals surface area contributed by atoms with Crippen molar-refractivity contribution in [3.05, 3.63) is 371 Å². The molecule has 0 radical (unpaired) electrons. The number of nitrogens with two attached hydrogens (primary N) is 1. The second-order valence-corrected chi connectivity index (χ2v) is 31.4. The molecule has 3 aromatic heterocycles. The standard InChI is InChI=1S/C20H18N2O3.C20H17NO3.C18H13NO3.C18H12O4.C17H11NO4.C16H10ClNO2/c23-13-18-17-4-1-14(11-15(17)2-5-19(18)24)16-3-6-20(21-12-16)22-7-9-25-10-8-22;1-21(2)20(24)16-5-3-4-13(11-16)14-6-8-17-15(10-14)7-9-19(23)18(17)12-22;19-18(22)14-3-1-2-11(9-14)12-4-6-15-13(8-12)5-7-17(21)16(15)10-20;19-10-16-15-7-5-13(9-14(15)6-8-17(16)20)11-1-3-12(4-2-11)18(21)22;19-9-13-12-6-4-11(8-10(12)5-7-16(13)20)14-2-1-3-15(18-14)17(21)22;17-16-6-3-12(8-18-16)10-1-4-13-11(7-10)2-5-15(20)14(13)9-19/h1-6,11-13,24H,7-10H2;3-12,23H,1-2H3;1-10,21H,(H2,19,22);1-10,20H,(H,21,22);1-9,20H,(H,21,22);1-9,20H. The predicted octanol–water partition coefficient (Wildman–Crippen LogP) is 21.0. The third-order valence-electron chi connectivity index (χ3n) is 22.5. The number of hydrogen-bond donors (Lipinski definition) is 9. The Hall–Kier alpha value is -17.9. The number of anilines is 1. The van der Waals surface area contributed by atoms with Crippen molar-refractivity contribution in [2.24, 2.45) is 5.73 Å². The number of hydrogen-bond acceptors (Lipinski definition) is 21. The van der Waals surface area contributed by atoms with Gasteiger partial charge in [-0.25, -0.2) is 24.5 Å². The van der Waals surface area contributed by atoms with Gasteiger partial charge in [0.25, 0.3) is 5.91 Å². The Morgan fingerprint density at radius 1 is 0.341 bits per heavy atom. The van der Waals surface area contributed by atoms with E-state index in [0.29, 0.717) is 92.4 Å². The molecular weight excluding hydrogens is 1730 g/mol. The minimum Gasteiger partial charge on any atom is -0.507 e. The van der Waals surface area contributed by atoms with Crippen LogP contribution in [0.25, 0.3) is 132 Å². The number of halogens is 1. The monoisotopic (exact) mass is 1810 g/mol. The summed E-state index contributed by atoms with van der Waals surface area (Å²) >= 11 is 5.77. The second kappa shape index (κ2) is 42.1. The van der Waals surface area contributed by atoms with Gasteiger partial charge in [-0.2, -0.15) is 0 Å². The van der Waals surface area contributed by atoms with E-state index >= 15 is 0 Å². The van der Waals surface area contributed by atoms with Crippen molar-refractivity contribution in [1.82, 2.24) is 19.9 Å². The topological polar surface area (TPSA) is 413 Å². The number of pyridine rings is 3. The highest BCUT2D eigenvalue weighted by atomic mass is 35.5. The summed E-state index contributed by atoms with van der Waals surface area (Å²) in [5.74, 6) is -1.79. The van der Waals surface area contributed by atoms with E-state index in [0.717, 1.165) is 136 Å². The number of primary amides is 1. The maximum absolute atomic E-state index is 12.1. The van der Waals surface area contributed by atoms with Crippen molar-refractivity contribution in [2.75, 3.05) is 45.3 Å². The van der Waals surface area contributed by atoms with Gasteiger partial charge in [0.05, 0.1) is 57.9 Å². The SMILES string of the molecule is CN(C)C(=O)c1cccc(-c2ccc3c(C=O)c(O)ccc3c2)c1.NC(=O)c1cccc(-c2ccc3c(C=O)c(O)ccc3c2)c1.O=Cc1c(O)ccc2cc(-c3ccc(C(=O)O)cc3)ccc12.O=Cc1c(O)ccc2cc(-c3ccc(Cl)nc3)ccc12.O=Cc1c(O)ccc2cc(-c3ccc(N4CCOCC4)nc3)ccc12.O=Cc1c(O)ccc2cc(-c3cccc(C(=O)O)n3)ccc12. The average molecular weight is 1810 g/mol. The van der Waals surface area contributed by atoms with Crippen LogP contribution >= 0.6 is 11.6 Å². The van der Waals surface area contributed by atoms with Crippen LogP contribution in [-0.2, 0) is 4.74 Å². The number of amides is 2. The Morgan fingerprint density at radius 3 is 1.00 bits per heavy atom. The van der Waals surface area contributed by atoms with E-state index in [1.165, 1.54) is 36.4 Å². The number of morpholine rings is 1. The van der Waals surface area contributed by atoms with Crippen molar-refractivity contribution in [3.8, 4) is 101 Å². The number of carbonyl (C=O) groups excluding carboxylic acids is 8. The average Bonchev–Trinajstić information content (AvgIpc) is 0.811. The highest BCUT2D eigenvalue weighted by Crippen LogP contribution is 2.38. The molecule has 1 aliphatic rings. The third kappa shape index (κ3) is 21.3. The first-order chi connectivity index (χ1) is 65.2. The molecule has 4 heterocycles. The first kappa shape index (κ1) is 93.2. The lowest BCUT2D eigenvalue weighted by molar-refractivity contribution is 0.0682. The van der Waals surface area contributed by atoms with Crippen LogP contribution in [0.2, 0.25) is 5.15 Å². The lowest BCUT2D eigenvalue weighted by atomic mass is 9.97. The molecule has 1 saturated heterocycles. The van der Waals surface area contributed by atoms with E-state index in [-0.39, 0.29) is 73.9 Å². The number of aldehydes is 6. The number of fused-ring (bicyclic) bond motifs is 6. The molecule has 0 spiro atoms. The van der Waals surface area contributed by atoms with Gasteiger partial charge < -0.3 is 61.1 Å². The number of nitrogens with zero attached hydrogens (tertiary/aromatic N) is 5. The Labute approximate surface area is 775 Å². The maximum Gasteiger partial charge on any atom is 0.354 e. The third-order valence-corrected chi connectivity index (χ3v) is 22.7. The molecule has 19 rings (SSSR count). The zero-order chi connectivity index (χ0) is 95.7. The number of aromatic nitrogens is 3. The molecule has 25 nitrogen and oxygen atoms in total. The molecule has 18 aromatic rings. The fourth-order valence-corrected chi connectivity index (χ4v) is 15.5. The number of phenols is 6. The van der Waals surface area contributed by atoms with Gasteiger partial charge in [0.2, 0.25) is 5.91 Å². The fraction of sp³-hybridized carbons (Fsp3) is 0.0550. The minimum atomic E-state index is -1.09. The van der Waals surface area contributed by atoms with E-state index in [4.69, 9.17) is 32.3 Å².